The standard InChI is InChI=1S/C26H31N5O4/c1-18(2)35-16-8-15-30-25(33)20-10-5-6-11-21(20)31-23(28-29-26(30)31)13-14-24(32)27-17-19-9-4-7-12-22(19)34-3/h4-7,9-12,18H,8,13-17H2,1-3H3,(H,27,32). The van der Waals surface area contributed by atoms with Crippen LogP contribution in [0.1, 0.15) is 38.1 Å². The Labute approximate surface area is 203 Å². The number of nitrogens with one attached hydrogen (secondary N) is 1. The number of benzene rings is 2. The van der Waals surface area contributed by atoms with Gasteiger partial charge in [-0.15, -0.1) is 10.2 Å². The van der Waals surface area contributed by atoms with E-state index in [1.807, 2.05) is 66.8 Å². The maximum absolute atomic E-state index is 13.2. The molecule has 0 unspecified atom stereocenters. The number of carbonyl (C=O) groups excluding carboxylic acids is 1. The van der Waals surface area contributed by atoms with Crippen LogP contribution in [0.25, 0.3) is 16.7 Å². The molecule has 0 fully saturated rings. The molecule has 1 N–H and O–H groups in total. The Bertz CT molecular complexity index is 1380. The van der Waals surface area contributed by atoms with Gasteiger partial charge in [-0.25, -0.2) is 0 Å². The third kappa shape index (κ3) is 5.51. The molecule has 4 aromatic rings. The topological polar surface area (TPSA) is 99.8 Å². The minimum atomic E-state index is -0.105. The highest BCUT2D eigenvalue weighted by Crippen LogP contribution is 2.18. The van der Waals surface area contributed by atoms with E-state index in [0.29, 0.717) is 49.5 Å². The molecular weight excluding hydrogens is 446 g/mol. The van der Waals surface area contributed by atoms with Crippen molar-refractivity contribution in [3.05, 3.63) is 70.3 Å². The number of aromatic nitrogens is 4. The molecule has 2 aromatic carbocycles. The molecule has 35 heavy (non-hydrogen) atoms. The Morgan fingerprint density at radius 3 is 2.66 bits per heavy atom. The van der Waals surface area contributed by atoms with Gasteiger partial charge in [0.2, 0.25) is 11.7 Å². The Morgan fingerprint density at radius 2 is 1.86 bits per heavy atom. The van der Waals surface area contributed by atoms with Gasteiger partial charge in [0.15, 0.2) is 0 Å². The van der Waals surface area contributed by atoms with Crippen molar-refractivity contribution in [3.63, 3.8) is 0 Å². The number of para-hydroxylation sites is 2. The number of nitrogens with zero attached hydrogens (tertiary/aromatic N) is 4. The van der Waals surface area contributed by atoms with Crippen molar-refractivity contribution >= 4 is 22.6 Å². The molecule has 9 heteroatoms. The first-order chi connectivity index (χ1) is 17.0. The molecule has 4 rings (SSSR count). The maximum atomic E-state index is 13.2. The van der Waals surface area contributed by atoms with Crippen LogP contribution in [0.5, 0.6) is 5.75 Å². The third-order valence-electron chi connectivity index (χ3n) is 5.80. The number of rotatable bonds is 11. The fourth-order valence-electron chi connectivity index (χ4n) is 4.08. The van der Waals surface area contributed by atoms with Gasteiger partial charge in [0, 0.05) is 38.1 Å². The molecule has 0 atom stereocenters. The fraction of sp³-hybridized carbons (Fsp3) is 0.385. The van der Waals surface area contributed by atoms with Crippen LogP contribution >= 0.6 is 0 Å². The quantitative estimate of drug-likeness (QED) is 0.333. The highest BCUT2D eigenvalue weighted by Gasteiger charge is 2.17. The lowest BCUT2D eigenvalue weighted by Gasteiger charge is -2.12. The molecule has 0 saturated heterocycles. The highest BCUT2D eigenvalue weighted by atomic mass is 16.5. The zero-order valence-electron chi connectivity index (χ0n) is 20.4. The molecule has 2 heterocycles. The van der Waals surface area contributed by atoms with E-state index in [1.165, 1.54) is 0 Å². The summed E-state index contributed by atoms with van der Waals surface area (Å²) < 4.78 is 14.5. The monoisotopic (exact) mass is 477 g/mol. The summed E-state index contributed by atoms with van der Waals surface area (Å²) >= 11 is 0. The first-order valence-electron chi connectivity index (χ1n) is 11.9. The van der Waals surface area contributed by atoms with Crippen molar-refractivity contribution in [3.8, 4) is 5.75 Å². The summed E-state index contributed by atoms with van der Waals surface area (Å²) in [4.78, 5) is 25.8. The van der Waals surface area contributed by atoms with Crippen LogP contribution in [0.4, 0.5) is 0 Å². The van der Waals surface area contributed by atoms with Gasteiger partial charge >= 0.3 is 0 Å². The lowest BCUT2D eigenvalue weighted by atomic mass is 10.2. The summed E-state index contributed by atoms with van der Waals surface area (Å²) in [5.41, 5.74) is 1.54. The molecule has 0 radical (unpaired) electrons. The van der Waals surface area contributed by atoms with Gasteiger partial charge in [-0.05, 0) is 38.5 Å². The van der Waals surface area contributed by atoms with Crippen LogP contribution in [-0.2, 0) is 29.0 Å². The van der Waals surface area contributed by atoms with E-state index in [-0.39, 0.29) is 24.0 Å². The van der Waals surface area contributed by atoms with Gasteiger partial charge in [-0.2, -0.15) is 0 Å². The SMILES string of the molecule is COc1ccccc1CNC(=O)CCc1nnc2n(CCCOC(C)C)c(=O)c3ccccc3n12. The molecule has 0 bridgehead atoms. The number of amides is 1. The summed E-state index contributed by atoms with van der Waals surface area (Å²) in [7, 11) is 1.61. The number of hydrogen-bond acceptors (Lipinski definition) is 6. The lowest BCUT2D eigenvalue weighted by Crippen LogP contribution is -2.25. The molecule has 0 aliphatic rings. The van der Waals surface area contributed by atoms with Crippen LogP contribution in [0.2, 0.25) is 0 Å². The van der Waals surface area contributed by atoms with E-state index < -0.39 is 0 Å². The van der Waals surface area contributed by atoms with Crippen LogP contribution < -0.4 is 15.6 Å². The van der Waals surface area contributed by atoms with Gasteiger partial charge < -0.3 is 14.8 Å². The molecule has 2 aromatic heterocycles. The number of ether oxygens (including phenoxy) is 2. The Balaban J connectivity index is 1.53. The van der Waals surface area contributed by atoms with Gasteiger partial charge in [0.25, 0.3) is 5.56 Å². The predicted octanol–water partition coefficient (Wildman–Crippen LogP) is 3.12. The number of fused-ring (bicyclic) bond motifs is 3. The van der Waals surface area contributed by atoms with Crippen molar-refractivity contribution in [2.45, 2.75) is 52.3 Å². The second kappa shape index (κ2) is 11.1. The number of hydrogen-bond donors (Lipinski definition) is 1. The first-order valence-corrected chi connectivity index (χ1v) is 11.9. The molecule has 1 amide bonds. The number of carbonyl (C=O) groups is 1. The molecule has 0 aliphatic heterocycles. The van der Waals surface area contributed by atoms with Crippen molar-refractivity contribution in [2.24, 2.45) is 0 Å². The highest BCUT2D eigenvalue weighted by molar-refractivity contribution is 5.80. The normalized spacial score (nSPS) is 11.4. The van der Waals surface area contributed by atoms with Gasteiger partial charge in [-0.3, -0.25) is 18.6 Å². The second-order valence-corrected chi connectivity index (χ2v) is 8.59. The smallest absolute Gasteiger partial charge is 0.262 e. The minimum Gasteiger partial charge on any atom is -0.496 e. The maximum Gasteiger partial charge on any atom is 0.262 e. The zero-order valence-corrected chi connectivity index (χ0v) is 20.4. The first kappa shape index (κ1) is 24.4. The van der Waals surface area contributed by atoms with E-state index in [0.717, 1.165) is 16.8 Å². The average molecular weight is 478 g/mol. The molecule has 184 valence electrons. The second-order valence-electron chi connectivity index (χ2n) is 8.59. The average Bonchev–Trinajstić information content (AvgIpc) is 3.29. The number of aryl methyl sites for hydroxylation is 2. The molecule has 0 saturated carbocycles. The van der Waals surface area contributed by atoms with Crippen LogP contribution in [0.15, 0.2) is 53.3 Å². The molecular formula is C26H31N5O4. The summed E-state index contributed by atoms with van der Waals surface area (Å²) in [6.45, 7) is 5.37. The Hall–Kier alpha value is -3.72. The Morgan fingerprint density at radius 1 is 1.09 bits per heavy atom. The molecule has 0 spiro atoms. The fourth-order valence-corrected chi connectivity index (χ4v) is 4.08. The van der Waals surface area contributed by atoms with Crippen molar-refractivity contribution < 1.29 is 14.3 Å². The van der Waals surface area contributed by atoms with Gasteiger partial charge in [0.05, 0.1) is 24.1 Å². The lowest BCUT2D eigenvalue weighted by molar-refractivity contribution is -0.121. The molecule has 0 aliphatic carbocycles. The van der Waals surface area contributed by atoms with Crippen molar-refractivity contribution in [1.82, 2.24) is 24.5 Å². The molecule has 9 nitrogen and oxygen atoms in total. The largest absolute Gasteiger partial charge is 0.496 e. The van der Waals surface area contributed by atoms with Crippen molar-refractivity contribution in [1.29, 1.82) is 0 Å². The minimum absolute atomic E-state index is 0.101. The van der Waals surface area contributed by atoms with Gasteiger partial charge in [0.1, 0.15) is 11.6 Å². The van der Waals surface area contributed by atoms with Crippen LogP contribution in [-0.4, -0.2) is 44.9 Å². The van der Waals surface area contributed by atoms with E-state index >= 15 is 0 Å². The number of methoxy groups -OCH3 is 1. The Kier molecular flexibility index (Phi) is 7.77. The van der Waals surface area contributed by atoms with Crippen molar-refractivity contribution in [2.75, 3.05) is 13.7 Å². The van der Waals surface area contributed by atoms with Gasteiger partial charge in [-0.1, -0.05) is 30.3 Å². The zero-order chi connectivity index (χ0) is 24.8. The summed E-state index contributed by atoms with van der Waals surface area (Å²) in [5, 5.41) is 12.2. The third-order valence-corrected chi connectivity index (χ3v) is 5.80. The van der Waals surface area contributed by atoms with E-state index in [2.05, 4.69) is 15.5 Å². The van der Waals surface area contributed by atoms with Crippen LogP contribution in [0.3, 0.4) is 0 Å². The summed E-state index contributed by atoms with van der Waals surface area (Å²) in [6, 6.07) is 15.0. The predicted molar refractivity (Wildman–Crippen MR) is 134 cm³/mol. The van der Waals surface area contributed by atoms with E-state index in [4.69, 9.17) is 9.47 Å². The van der Waals surface area contributed by atoms with E-state index in [1.54, 1.807) is 11.7 Å². The summed E-state index contributed by atoms with van der Waals surface area (Å²) in [6.07, 6.45) is 1.44. The summed E-state index contributed by atoms with van der Waals surface area (Å²) in [5.74, 6) is 1.74. The van der Waals surface area contributed by atoms with E-state index in [9.17, 15) is 9.59 Å². The van der Waals surface area contributed by atoms with Crippen LogP contribution in [0, 0.1) is 0 Å².